The van der Waals surface area contributed by atoms with Crippen LogP contribution in [0.1, 0.15) is 51.4 Å². The molecule has 7 heteroatoms. The number of piperazine rings is 1. The van der Waals surface area contributed by atoms with Gasteiger partial charge in [0.15, 0.2) is 0 Å². The molecule has 3 saturated heterocycles. The molecule has 28 heavy (non-hydrogen) atoms. The van der Waals surface area contributed by atoms with Crippen molar-refractivity contribution in [1.29, 1.82) is 0 Å². The zero-order valence-electron chi connectivity index (χ0n) is 17.2. The van der Waals surface area contributed by atoms with Crippen LogP contribution in [0.2, 0.25) is 0 Å². The van der Waals surface area contributed by atoms with Crippen LogP contribution in [0.3, 0.4) is 0 Å². The summed E-state index contributed by atoms with van der Waals surface area (Å²) in [7, 11) is 2.11. The molecule has 1 aliphatic carbocycles. The molecule has 3 aliphatic heterocycles. The first-order chi connectivity index (χ1) is 13.5. The van der Waals surface area contributed by atoms with Gasteiger partial charge in [-0.25, -0.2) is 0 Å². The lowest BCUT2D eigenvalue weighted by Gasteiger charge is -2.45. The Labute approximate surface area is 168 Å². The monoisotopic (exact) mass is 392 g/mol. The Balaban J connectivity index is 1.41. The minimum absolute atomic E-state index is 0.0188. The van der Waals surface area contributed by atoms with Gasteiger partial charge in [-0.1, -0.05) is 0 Å². The maximum absolute atomic E-state index is 13.6. The summed E-state index contributed by atoms with van der Waals surface area (Å²) in [5, 5.41) is 13.0. The van der Waals surface area contributed by atoms with Crippen molar-refractivity contribution in [2.45, 2.75) is 69.1 Å². The number of nitrogens with zero attached hydrogens (tertiary/aromatic N) is 3. The number of amides is 2. The van der Waals surface area contributed by atoms with Crippen LogP contribution >= 0.6 is 0 Å². The lowest BCUT2D eigenvalue weighted by atomic mass is 9.83. The topological polar surface area (TPSA) is 76.1 Å². The summed E-state index contributed by atoms with van der Waals surface area (Å²) < 4.78 is 0. The van der Waals surface area contributed by atoms with Crippen molar-refractivity contribution in [2.24, 2.45) is 5.92 Å². The van der Waals surface area contributed by atoms with Crippen LogP contribution in [0.4, 0.5) is 0 Å². The number of likely N-dealkylation sites (N-methyl/N-ethyl adjacent to an activating group) is 1. The number of fused-ring (bicyclic) bond motifs is 1. The molecule has 0 spiro atoms. The number of piperidine rings is 1. The zero-order valence-corrected chi connectivity index (χ0v) is 17.2. The molecule has 0 radical (unpaired) electrons. The molecule has 1 saturated carbocycles. The number of nitrogens with one attached hydrogen (secondary N) is 1. The van der Waals surface area contributed by atoms with Crippen LogP contribution < -0.4 is 5.32 Å². The van der Waals surface area contributed by atoms with Gasteiger partial charge in [-0.05, 0) is 65.0 Å². The van der Waals surface area contributed by atoms with Crippen LogP contribution in [0.25, 0.3) is 0 Å². The maximum atomic E-state index is 13.6. The van der Waals surface area contributed by atoms with Crippen molar-refractivity contribution < 1.29 is 14.7 Å². The Hall–Kier alpha value is -1.18. The number of carbonyl (C=O) groups is 2. The van der Waals surface area contributed by atoms with E-state index < -0.39 is 5.54 Å². The van der Waals surface area contributed by atoms with E-state index in [0.717, 1.165) is 90.6 Å². The fourth-order valence-corrected chi connectivity index (χ4v) is 5.71. The van der Waals surface area contributed by atoms with Gasteiger partial charge in [0.1, 0.15) is 5.54 Å². The predicted molar refractivity (Wildman–Crippen MR) is 107 cm³/mol. The lowest BCUT2D eigenvalue weighted by Crippen LogP contribution is -2.61. The summed E-state index contributed by atoms with van der Waals surface area (Å²) in [6.07, 6.45) is 6.65. The molecule has 2 amide bonds. The van der Waals surface area contributed by atoms with Gasteiger partial charge in [-0.15, -0.1) is 0 Å². The van der Waals surface area contributed by atoms with Gasteiger partial charge in [0.25, 0.3) is 0 Å². The van der Waals surface area contributed by atoms with Crippen molar-refractivity contribution in [1.82, 2.24) is 20.0 Å². The average Bonchev–Trinajstić information content (AvgIpc) is 3.07. The van der Waals surface area contributed by atoms with Crippen LogP contribution in [0, 0.1) is 5.92 Å². The SMILES string of the molecule is CN1CCN(C(=O)[C@@]23CCCCN2C[C@@H](NC(=O)C2CCC(O)CC2)C3)CC1. The fourth-order valence-electron chi connectivity index (χ4n) is 5.71. The van der Waals surface area contributed by atoms with E-state index in [9.17, 15) is 14.7 Å². The second-order valence-electron chi connectivity index (χ2n) is 9.45. The van der Waals surface area contributed by atoms with Crippen molar-refractivity contribution in [3.63, 3.8) is 0 Å². The number of hydrogen-bond donors (Lipinski definition) is 2. The van der Waals surface area contributed by atoms with E-state index >= 15 is 0 Å². The average molecular weight is 393 g/mol. The summed E-state index contributed by atoms with van der Waals surface area (Å²) >= 11 is 0. The Bertz CT molecular complexity index is 584. The van der Waals surface area contributed by atoms with Crippen LogP contribution in [0.15, 0.2) is 0 Å². The molecule has 4 fully saturated rings. The second-order valence-corrected chi connectivity index (χ2v) is 9.45. The highest BCUT2D eigenvalue weighted by molar-refractivity contribution is 5.87. The smallest absolute Gasteiger partial charge is 0.243 e. The highest BCUT2D eigenvalue weighted by Gasteiger charge is 2.53. The largest absolute Gasteiger partial charge is 0.393 e. The standard InChI is InChI=1S/C21H36N4O3/c1-23-10-12-24(13-11-23)20(28)21-8-2-3-9-25(21)15-17(14-21)22-19(27)16-4-6-18(26)7-5-16/h16-18,26H,2-15H2,1H3,(H,22,27)/t16?,17-,18?,21-/m0/s1. The zero-order chi connectivity index (χ0) is 19.7. The first-order valence-electron chi connectivity index (χ1n) is 11.2. The first-order valence-corrected chi connectivity index (χ1v) is 11.2. The maximum Gasteiger partial charge on any atom is 0.243 e. The lowest BCUT2D eigenvalue weighted by molar-refractivity contribution is -0.146. The Morgan fingerprint density at radius 2 is 1.71 bits per heavy atom. The third-order valence-electron chi connectivity index (χ3n) is 7.50. The molecule has 0 aromatic carbocycles. The number of rotatable bonds is 3. The van der Waals surface area contributed by atoms with Crippen LogP contribution in [0.5, 0.6) is 0 Å². The first kappa shape index (κ1) is 20.1. The molecule has 158 valence electrons. The van der Waals surface area contributed by atoms with E-state index in [1.54, 1.807) is 0 Å². The molecular weight excluding hydrogens is 356 g/mol. The van der Waals surface area contributed by atoms with E-state index in [-0.39, 0.29) is 29.9 Å². The van der Waals surface area contributed by atoms with E-state index in [1.165, 1.54) is 0 Å². The third kappa shape index (κ3) is 3.94. The van der Waals surface area contributed by atoms with Crippen molar-refractivity contribution >= 4 is 11.8 Å². The molecule has 0 unspecified atom stereocenters. The van der Waals surface area contributed by atoms with Gasteiger partial charge in [0.2, 0.25) is 11.8 Å². The summed E-state index contributed by atoms with van der Waals surface area (Å²) in [5.74, 6) is 0.432. The Morgan fingerprint density at radius 1 is 1.00 bits per heavy atom. The quantitative estimate of drug-likeness (QED) is 0.728. The molecule has 2 atom stereocenters. The fraction of sp³-hybridized carbons (Fsp3) is 0.905. The summed E-state index contributed by atoms with van der Waals surface area (Å²) in [6.45, 7) is 5.26. The van der Waals surface area contributed by atoms with Crippen LogP contribution in [-0.2, 0) is 9.59 Å². The molecule has 4 rings (SSSR count). The van der Waals surface area contributed by atoms with Gasteiger partial charge < -0.3 is 20.2 Å². The Kier molecular flexibility index (Phi) is 5.95. The molecule has 3 heterocycles. The number of aliphatic hydroxyl groups is 1. The molecule has 2 N–H and O–H groups in total. The highest BCUT2D eigenvalue weighted by atomic mass is 16.3. The van der Waals surface area contributed by atoms with Gasteiger partial charge in [0, 0.05) is 44.7 Å². The van der Waals surface area contributed by atoms with E-state index in [2.05, 4.69) is 27.1 Å². The number of aliphatic hydroxyl groups excluding tert-OH is 1. The molecular formula is C21H36N4O3. The third-order valence-corrected chi connectivity index (χ3v) is 7.50. The summed E-state index contributed by atoms with van der Waals surface area (Å²) in [4.78, 5) is 33.0. The Morgan fingerprint density at radius 3 is 2.43 bits per heavy atom. The highest BCUT2D eigenvalue weighted by Crippen LogP contribution is 2.39. The molecule has 7 nitrogen and oxygen atoms in total. The van der Waals surface area contributed by atoms with Crippen molar-refractivity contribution in [2.75, 3.05) is 46.3 Å². The minimum Gasteiger partial charge on any atom is -0.393 e. The predicted octanol–water partition coefficient (Wildman–Crippen LogP) is 0.425. The molecule has 0 aromatic rings. The summed E-state index contributed by atoms with van der Waals surface area (Å²) in [6, 6.07) is 0.0638. The second kappa shape index (κ2) is 8.28. The summed E-state index contributed by atoms with van der Waals surface area (Å²) in [5.41, 5.74) is -0.408. The van der Waals surface area contributed by atoms with Gasteiger partial charge >= 0.3 is 0 Å². The van der Waals surface area contributed by atoms with Crippen molar-refractivity contribution in [3.8, 4) is 0 Å². The molecule has 4 aliphatic rings. The van der Waals surface area contributed by atoms with Gasteiger partial charge in [0.05, 0.1) is 6.10 Å². The van der Waals surface area contributed by atoms with Gasteiger partial charge in [-0.2, -0.15) is 0 Å². The van der Waals surface area contributed by atoms with Crippen LogP contribution in [-0.4, -0.2) is 95.6 Å². The molecule has 0 aromatic heterocycles. The molecule has 0 bridgehead atoms. The van der Waals surface area contributed by atoms with E-state index in [0.29, 0.717) is 0 Å². The van der Waals surface area contributed by atoms with E-state index in [4.69, 9.17) is 0 Å². The van der Waals surface area contributed by atoms with Crippen molar-refractivity contribution in [3.05, 3.63) is 0 Å². The number of hydrogen-bond acceptors (Lipinski definition) is 5. The van der Waals surface area contributed by atoms with Gasteiger partial charge in [-0.3, -0.25) is 14.5 Å². The number of carbonyl (C=O) groups excluding carboxylic acids is 2. The minimum atomic E-state index is -0.408. The normalized spacial score (nSPS) is 37.5. The van der Waals surface area contributed by atoms with E-state index in [1.807, 2.05) is 0 Å².